The Balaban J connectivity index is 1.23. The van der Waals surface area contributed by atoms with E-state index in [1.54, 1.807) is 0 Å². The largest absolute Gasteiger partial charge is 0.454 e. The standard InChI is InChI=1S/C30H25Cl2N5OS/c1-36-28(32)15-26-29(36)30(34-20-33-26)35-23-12-13-27(25(31)14-23)38-24-17-37(16-21-8-4-2-5-9-21)39(19-24)18-22-10-6-3-7-11-22/h2-15,17,19-20H,16,18H2,1H3,(H,33,34,35). The number of nitrogens with zero attached hydrogens (tertiary/aromatic N) is 4. The van der Waals surface area contributed by atoms with E-state index in [1.807, 2.05) is 48.0 Å². The molecule has 3 heterocycles. The Kier molecular flexibility index (Phi) is 7.28. The highest BCUT2D eigenvalue weighted by atomic mass is 35.5. The summed E-state index contributed by atoms with van der Waals surface area (Å²) in [6.07, 6.45) is 3.59. The van der Waals surface area contributed by atoms with Crippen molar-refractivity contribution in [1.82, 2.24) is 18.8 Å². The van der Waals surface area contributed by atoms with Gasteiger partial charge in [0.2, 0.25) is 0 Å². The molecule has 0 fully saturated rings. The van der Waals surface area contributed by atoms with Gasteiger partial charge in [-0.3, -0.25) is 0 Å². The van der Waals surface area contributed by atoms with Crippen LogP contribution in [0.2, 0.25) is 10.2 Å². The fraction of sp³-hybridized carbons (Fsp3) is 0.100. The molecule has 2 aromatic heterocycles. The molecule has 1 aliphatic heterocycles. The molecule has 0 radical (unpaired) electrons. The molecule has 1 aliphatic rings. The first-order valence-electron chi connectivity index (χ1n) is 12.3. The van der Waals surface area contributed by atoms with E-state index in [4.69, 9.17) is 27.9 Å². The number of anilines is 2. The third kappa shape index (κ3) is 5.66. The molecule has 1 N–H and O–H groups in total. The first-order valence-corrected chi connectivity index (χ1v) is 14.5. The summed E-state index contributed by atoms with van der Waals surface area (Å²) in [4.78, 5) is 8.71. The molecule has 1 atom stereocenters. The predicted octanol–water partition coefficient (Wildman–Crippen LogP) is 7.94. The van der Waals surface area contributed by atoms with Crippen molar-refractivity contribution >= 4 is 61.8 Å². The third-order valence-electron chi connectivity index (χ3n) is 6.35. The molecule has 6 rings (SSSR count). The Labute approximate surface area is 239 Å². The Morgan fingerprint density at radius 1 is 0.897 bits per heavy atom. The molecule has 0 amide bonds. The van der Waals surface area contributed by atoms with E-state index in [1.165, 1.54) is 17.5 Å². The quantitative estimate of drug-likeness (QED) is 0.191. The van der Waals surface area contributed by atoms with Crippen LogP contribution in [0.3, 0.4) is 0 Å². The fourth-order valence-corrected chi connectivity index (χ4v) is 6.67. The summed E-state index contributed by atoms with van der Waals surface area (Å²) in [6, 6.07) is 28.4. The van der Waals surface area contributed by atoms with Gasteiger partial charge in [0.25, 0.3) is 0 Å². The molecule has 5 aromatic rings. The first kappa shape index (κ1) is 25.5. The molecule has 39 heavy (non-hydrogen) atoms. The number of nitrogens with one attached hydrogen (secondary N) is 1. The highest BCUT2D eigenvalue weighted by molar-refractivity contribution is 8.12. The summed E-state index contributed by atoms with van der Waals surface area (Å²) in [5.41, 5.74) is 4.90. The van der Waals surface area contributed by atoms with E-state index in [2.05, 4.69) is 79.7 Å². The van der Waals surface area contributed by atoms with E-state index in [0.29, 0.717) is 21.7 Å². The second-order valence-corrected chi connectivity index (χ2v) is 11.7. The molecule has 9 heteroatoms. The summed E-state index contributed by atoms with van der Waals surface area (Å²) in [6.45, 7) is 0.799. The zero-order valence-corrected chi connectivity index (χ0v) is 23.4. The molecule has 0 saturated carbocycles. The van der Waals surface area contributed by atoms with Gasteiger partial charge in [-0.25, -0.2) is 9.97 Å². The topological polar surface area (TPSA) is 55.2 Å². The predicted molar refractivity (Wildman–Crippen MR) is 163 cm³/mol. The van der Waals surface area contributed by atoms with Gasteiger partial charge in [-0.05, 0) is 29.3 Å². The Morgan fingerprint density at radius 2 is 1.64 bits per heavy atom. The molecule has 6 nitrogen and oxygen atoms in total. The summed E-state index contributed by atoms with van der Waals surface area (Å²) in [5.74, 6) is 2.92. The Hall–Kier alpha value is -3.78. The maximum Gasteiger partial charge on any atom is 0.158 e. The maximum absolute atomic E-state index is 6.68. The van der Waals surface area contributed by atoms with Gasteiger partial charge in [0.1, 0.15) is 22.7 Å². The van der Waals surface area contributed by atoms with Gasteiger partial charge in [0, 0.05) is 29.9 Å². The minimum absolute atomic E-state index is 0.164. The van der Waals surface area contributed by atoms with Crippen LogP contribution in [-0.2, 0) is 19.3 Å². The van der Waals surface area contributed by atoms with Crippen molar-refractivity contribution in [3.05, 3.63) is 125 Å². The van der Waals surface area contributed by atoms with Crippen molar-refractivity contribution in [3.8, 4) is 5.75 Å². The van der Waals surface area contributed by atoms with Gasteiger partial charge in [-0.1, -0.05) is 94.5 Å². The lowest BCUT2D eigenvalue weighted by Gasteiger charge is -2.21. The number of halogens is 2. The molecule has 196 valence electrons. The number of rotatable bonds is 8. The second-order valence-electron chi connectivity index (χ2n) is 9.10. The Bertz CT molecular complexity index is 1700. The monoisotopic (exact) mass is 573 g/mol. The van der Waals surface area contributed by atoms with Gasteiger partial charge in [0.05, 0.1) is 23.3 Å². The van der Waals surface area contributed by atoms with Crippen LogP contribution in [0.15, 0.2) is 103 Å². The van der Waals surface area contributed by atoms with E-state index in [-0.39, 0.29) is 10.7 Å². The summed E-state index contributed by atoms with van der Waals surface area (Å²) in [5, 5.41) is 6.60. The number of benzene rings is 3. The molecule has 0 saturated heterocycles. The molecule has 0 bridgehead atoms. The summed E-state index contributed by atoms with van der Waals surface area (Å²) >= 11 is 13.0. The van der Waals surface area contributed by atoms with Crippen molar-refractivity contribution in [3.63, 3.8) is 0 Å². The average Bonchev–Trinajstić information content (AvgIpc) is 3.45. The van der Waals surface area contributed by atoms with Gasteiger partial charge >= 0.3 is 0 Å². The van der Waals surface area contributed by atoms with Crippen LogP contribution in [-0.4, -0.2) is 24.2 Å². The van der Waals surface area contributed by atoms with Crippen molar-refractivity contribution in [2.75, 3.05) is 5.32 Å². The zero-order chi connectivity index (χ0) is 26.8. The number of aromatic nitrogens is 3. The maximum atomic E-state index is 6.68. The van der Waals surface area contributed by atoms with E-state index < -0.39 is 0 Å². The van der Waals surface area contributed by atoms with Crippen LogP contribution >= 0.6 is 33.9 Å². The average molecular weight is 575 g/mol. The normalized spacial score (nSPS) is 14.8. The van der Waals surface area contributed by atoms with Crippen molar-refractivity contribution < 1.29 is 4.74 Å². The summed E-state index contributed by atoms with van der Waals surface area (Å²) < 4.78 is 10.5. The van der Waals surface area contributed by atoms with Crippen LogP contribution in [0.25, 0.3) is 11.0 Å². The van der Waals surface area contributed by atoms with E-state index in [9.17, 15) is 0 Å². The lowest BCUT2D eigenvalue weighted by molar-refractivity contribution is 0.445. The SMILES string of the molecule is Cn1c(Cl)cc2ncnc(Nc3ccc(OC4=CN(Cc5ccccc5)S(Cc5ccccc5)=C4)c(Cl)c3)c21. The molecule has 3 aromatic carbocycles. The van der Waals surface area contributed by atoms with Gasteiger partial charge in [-0.2, -0.15) is 0 Å². The van der Waals surface area contributed by atoms with Crippen LogP contribution in [0, 0.1) is 0 Å². The highest BCUT2D eigenvalue weighted by Crippen LogP contribution is 2.37. The van der Waals surface area contributed by atoms with Crippen LogP contribution < -0.4 is 10.1 Å². The van der Waals surface area contributed by atoms with Crippen molar-refractivity contribution in [1.29, 1.82) is 0 Å². The zero-order valence-electron chi connectivity index (χ0n) is 21.1. The minimum atomic E-state index is -0.164. The second kappa shape index (κ2) is 11.1. The minimum Gasteiger partial charge on any atom is -0.454 e. The van der Waals surface area contributed by atoms with Crippen LogP contribution in [0.4, 0.5) is 11.5 Å². The van der Waals surface area contributed by atoms with Crippen LogP contribution in [0.1, 0.15) is 11.1 Å². The van der Waals surface area contributed by atoms with Gasteiger partial charge in [-0.15, -0.1) is 0 Å². The van der Waals surface area contributed by atoms with Gasteiger partial charge in [0.15, 0.2) is 11.6 Å². The number of hydrogen-bond donors (Lipinski definition) is 1. The van der Waals surface area contributed by atoms with Crippen molar-refractivity contribution in [2.45, 2.75) is 12.3 Å². The fourth-order valence-electron chi connectivity index (χ4n) is 4.42. The van der Waals surface area contributed by atoms with Crippen LogP contribution in [0.5, 0.6) is 5.75 Å². The number of hydrogen-bond acceptors (Lipinski definition) is 5. The first-order chi connectivity index (χ1) is 19.0. The lowest BCUT2D eigenvalue weighted by atomic mass is 10.2. The number of allylic oxidation sites excluding steroid dienone is 1. The molecular weight excluding hydrogens is 549 g/mol. The Morgan fingerprint density at radius 3 is 2.38 bits per heavy atom. The molecular formula is C30H25Cl2N5OS. The highest BCUT2D eigenvalue weighted by Gasteiger charge is 2.19. The molecule has 1 unspecified atom stereocenters. The summed E-state index contributed by atoms with van der Waals surface area (Å²) in [7, 11) is 1.71. The lowest BCUT2D eigenvalue weighted by Crippen LogP contribution is -2.09. The van der Waals surface area contributed by atoms with Gasteiger partial charge < -0.3 is 18.9 Å². The smallest absolute Gasteiger partial charge is 0.158 e. The third-order valence-corrected chi connectivity index (χ3v) is 8.98. The molecule has 0 aliphatic carbocycles. The number of aryl methyl sites for hydroxylation is 1. The number of fused-ring (bicyclic) bond motifs is 1. The van der Waals surface area contributed by atoms with E-state index >= 15 is 0 Å². The number of ether oxygens (including phenoxy) is 1. The van der Waals surface area contributed by atoms with E-state index in [0.717, 1.165) is 34.8 Å². The molecule has 0 spiro atoms. The van der Waals surface area contributed by atoms with Crippen molar-refractivity contribution in [2.24, 2.45) is 7.05 Å².